The third-order valence-corrected chi connectivity index (χ3v) is 4.73. The number of hydrogen-bond acceptors (Lipinski definition) is 2. The van der Waals surface area contributed by atoms with Crippen molar-refractivity contribution in [3.8, 4) is 0 Å². The van der Waals surface area contributed by atoms with Crippen LogP contribution in [0, 0.1) is 6.92 Å². The highest BCUT2D eigenvalue weighted by Gasteiger charge is 2.26. The van der Waals surface area contributed by atoms with Gasteiger partial charge in [0.1, 0.15) is 6.54 Å². The number of aryl methyl sites for hydroxylation is 2. The number of amides is 2. The Labute approximate surface area is 153 Å². The van der Waals surface area contributed by atoms with Gasteiger partial charge in [0.05, 0.1) is 0 Å². The largest absolute Gasteiger partial charge is 0.324 e. The van der Waals surface area contributed by atoms with Gasteiger partial charge in [-0.25, -0.2) is 0 Å². The molecule has 0 aromatic heterocycles. The summed E-state index contributed by atoms with van der Waals surface area (Å²) in [5.74, 6) is -0.266. The lowest BCUT2D eigenvalue weighted by Crippen LogP contribution is -2.40. The molecule has 2 aromatic carbocycles. The standard InChI is InChI=1S/C18H16BrClN2O2/c1-11-8-14(20)4-5-15(11)21-17(23)10-22-16-6-3-13(19)9-12(16)2-7-18(22)24/h3-6,8-9H,2,7,10H2,1H3,(H,21,23). The smallest absolute Gasteiger partial charge is 0.244 e. The van der Waals surface area contributed by atoms with E-state index in [1.54, 1.807) is 23.1 Å². The monoisotopic (exact) mass is 406 g/mol. The molecule has 1 N–H and O–H groups in total. The molecule has 0 radical (unpaired) electrons. The van der Waals surface area contributed by atoms with Crippen LogP contribution in [0.15, 0.2) is 40.9 Å². The lowest BCUT2D eigenvalue weighted by atomic mass is 10.0. The van der Waals surface area contributed by atoms with E-state index in [9.17, 15) is 9.59 Å². The Morgan fingerprint density at radius 3 is 2.79 bits per heavy atom. The third-order valence-electron chi connectivity index (χ3n) is 4.01. The summed E-state index contributed by atoms with van der Waals surface area (Å²) in [6.07, 6.45) is 1.11. The molecule has 6 heteroatoms. The Balaban J connectivity index is 1.78. The van der Waals surface area contributed by atoms with E-state index in [0.29, 0.717) is 23.6 Å². The third kappa shape index (κ3) is 3.62. The molecule has 2 aromatic rings. The van der Waals surface area contributed by atoms with Gasteiger partial charge in [-0.1, -0.05) is 27.5 Å². The summed E-state index contributed by atoms with van der Waals surface area (Å²) in [4.78, 5) is 26.2. The molecule has 124 valence electrons. The van der Waals surface area contributed by atoms with E-state index >= 15 is 0 Å². The molecule has 1 aliphatic rings. The number of rotatable bonds is 3. The van der Waals surface area contributed by atoms with Crippen LogP contribution in [0.2, 0.25) is 5.02 Å². The van der Waals surface area contributed by atoms with Crippen molar-refractivity contribution in [3.63, 3.8) is 0 Å². The van der Waals surface area contributed by atoms with Gasteiger partial charge >= 0.3 is 0 Å². The average Bonchev–Trinajstić information content (AvgIpc) is 2.53. The van der Waals surface area contributed by atoms with Gasteiger partial charge in [-0.2, -0.15) is 0 Å². The second-order valence-electron chi connectivity index (χ2n) is 5.76. The van der Waals surface area contributed by atoms with Crippen molar-refractivity contribution in [1.29, 1.82) is 0 Å². The molecule has 1 heterocycles. The van der Waals surface area contributed by atoms with Gasteiger partial charge in [-0.05, 0) is 60.9 Å². The molecule has 0 saturated heterocycles. The van der Waals surface area contributed by atoms with Crippen molar-refractivity contribution in [2.75, 3.05) is 16.8 Å². The fourth-order valence-electron chi connectivity index (χ4n) is 2.80. The number of nitrogens with zero attached hydrogens (tertiary/aromatic N) is 1. The zero-order valence-electron chi connectivity index (χ0n) is 13.1. The first-order valence-electron chi connectivity index (χ1n) is 7.59. The molecule has 0 spiro atoms. The Morgan fingerprint density at radius 2 is 2.04 bits per heavy atom. The number of benzene rings is 2. The van der Waals surface area contributed by atoms with Crippen LogP contribution in [-0.4, -0.2) is 18.4 Å². The highest BCUT2D eigenvalue weighted by Crippen LogP contribution is 2.30. The minimum atomic E-state index is -0.232. The molecule has 24 heavy (non-hydrogen) atoms. The maximum absolute atomic E-state index is 12.4. The number of carbonyl (C=O) groups excluding carboxylic acids is 2. The molecule has 0 aliphatic carbocycles. The quantitative estimate of drug-likeness (QED) is 0.823. The van der Waals surface area contributed by atoms with Gasteiger partial charge in [0.15, 0.2) is 0 Å². The van der Waals surface area contributed by atoms with Crippen LogP contribution >= 0.6 is 27.5 Å². The molecule has 3 rings (SSSR count). The molecule has 0 bridgehead atoms. The molecular formula is C18H16BrClN2O2. The molecule has 0 unspecified atom stereocenters. The molecule has 1 aliphatic heterocycles. The normalized spacial score (nSPS) is 13.6. The SMILES string of the molecule is Cc1cc(Cl)ccc1NC(=O)CN1C(=O)CCc2cc(Br)ccc21. The Kier molecular flexibility index (Phi) is 4.92. The summed E-state index contributed by atoms with van der Waals surface area (Å²) < 4.78 is 0.969. The van der Waals surface area contributed by atoms with Crippen LogP contribution in [0.1, 0.15) is 17.5 Å². The van der Waals surface area contributed by atoms with Gasteiger partial charge in [-0.3, -0.25) is 9.59 Å². The van der Waals surface area contributed by atoms with Crippen molar-refractivity contribution in [3.05, 3.63) is 57.0 Å². The van der Waals surface area contributed by atoms with E-state index in [1.165, 1.54) is 0 Å². The fraction of sp³-hybridized carbons (Fsp3) is 0.222. The number of fused-ring (bicyclic) bond motifs is 1. The Hall–Kier alpha value is -1.85. The van der Waals surface area contributed by atoms with Crippen LogP contribution in [0.5, 0.6) is 0 Å². The number of carbonyl (C=O) groups is 2. The van der Waals surface area contributed by atoms with E-state index < -0.39 is 0 Å². The van der Waals surface area contributed by atoms with Crippen LogP contribution < -0.4 is 10.2 Å². The van der Waals surface area contributed by atoms with E-state index in [-0.39, 0.29) is 18.4 Å². The highest BCUT2D eigenvalue weighted by molar-refractivity contribution is 9.10. The molecule has 0 atom stereocenters. The van der Waals surface area contributed by atoms with Crippen LogP contribution in [-0.2, 0) is 16.0 Å². The van der Waals surface area contributed by atoms with Crippen LogP contribution in [0.4, 0.5) is 11.4 Å². The second-order valence-corrected chi connectivity index (χ2v) is 7.11. The molecular weight excluding hydrogens is 392 g/mol. The van der Waals surface area contributed by atoms with Gasteiger partial charge in [-0.15, -0.1) is 0 Å². The van der Waals surface area contributed by atoms with Crippen molar-refractivity contribution in [1.82, 2.24) is 0 Å². The zero-order chi connectivity index (χ0) is 17.3. The van der Waals surface area contributed by atoms with Crippen LogP contribution in [0.3, 0.4) is 0 Å². The Morgan fingerprint density at radius 1 is 1.25 bits per heavy atom. The number of hydrogen-bond donors (Lipinski definition) is 1. The van der Waals surface area contributed by atoms with Crippen molar-refractivity contribution < 1.29 is 9.59 Å². The van der Waals surface area contributed by atoms with Crippen molar-refractivity contribution in [2.24, 2.45) is 0 Å². The number of nitrogens with one attached hydrogen (secondary N) is 1. The summed E-state index contributed by atoms with van der Waals surface area (Å²) in [6, 6.07) is 11.0. The molecule has 2 amide bonds. The highest BCUT2D eigenvalue weighted by atomic mass is 79.9. The van der Waals surface area contributed by atoms with Crippen LogP contribution in [0.25, 0.3) is 0 Å². The number of anilines is 2. The van der Waals surface area contributed by atoms with E-state index in [2.05, 4.69) is 21.2 Å². The number of halogens is 2. The summed E-state index contributed by atoms with van der Waals surface area (Å²) >= 11 is 9.37. The molecule has 4 nitrogen and oxygen atoms in total. The maximum Gasteiger partial charge on any atom is 0.244 e. The molecule has 0 saturated carbocycles. The Bertz CT molecular complexity index is 823. The summed E-state index contributed by atoms with van der Waals surface area (Å²) in [7, 11) is 0. The van der Waals surface area contributed by atoms with E-state index in [1.807, 2.05) is 25.1 Å². The lowest BCUT2D eigenvalue weighted by molar-refractivity contribution is -0.121. The summed E-state index contributed by atoms with van der Waals surface area (Å²) in [5.41, 5.74) is 3.45. The predicted octanol–water partition coefficient (Wildman–Crippen LogP) is 4.33. The van der Waals surface area contributed by atoms with E-state index in [0.717, 1.165) is 21.3 Å². The summed E-state index contributed by atoms with van der Waals surface area (Å²) in [6.45, 7) is 1.87. The minimum absolute atomic E-state index is 0.00443. The first-order valence-corrected chi connectivity index (χ1v) is 8.76. The predicted molar refractivity (Wildman–Crippen MR) is 99.6 cm³/mol. The maximum atomic E-state index is 12.4. The lowest BCUT2D eigenvalue weighted by Gasteiger charge is -2.29. The first kappa shape index (κ1) is 17.0. The van der Waals surface area contributed by atoms with Gasteiger partial charge in [0.2, 0.25) is 11.8 Å². The van der Waals surface area contributed by atoms with Gasteiger partial charge in [0, 0.05) is 27.3 Å². The zero-order valence-corrected chi connectivity index (χ0v) is 15.4. The fourth-order valence-corrected chi connectivity index (χ4v) is 3.44. The average molecular weight is 408 g/mol. The minimum Gasteiger partial charge on any atom is -0.324 e. The topological polar surface area (TPSA) is 49.4 Å². The van der Waals surface area contributed by atoms with E-state index in [4.69, 9.17) is 11.6 Å². The van der Waals surface area contributed by atoms with Crippen molar-refractivity contribution in [2.45, 2.75) is 19.8 Å². The summed E-state index contributed by atoms with van der Waals surface area (Å²) in [5, 5.41) is 3.47. The second kappa shape index (κ2) is 6.95. The van der Waals surface area contributed by atoms with Gasteiger partial charge < -0.3 is 10.2 Å². The van der Waals surface area contributed by atoms with Gasteiger partial charge in [0.25, 0.3) is 0 Å². The molecule has 0 fully saturated rings. The van der Waals surface area contributed by atoms with Crippen molar-refractivity contribution >= 4 is 50.7 Å². The first-order chi connectivity index (χ1) is 11.4.